The van der Waals surface area contributed by atoms with Gasteiger partial charge in [-0.3, -0.25) is 0 Å². The first-order valence-electron chi connectivity index (χ1n) is 5.56. The van der Waals surface area contributed by atoms with E-state index in [9.17, 15) is 0 Å². The highest BCUT2D eigenvalue weighted by Crippen LogP contribution is 2.25. The van der Waals surface area contributed by atoms with Gasteiger partial charge in [0.2, 0.25) is 5.13 Å². The van der Waals surface area contributed by atoms with E-state index in [-0.39, 0.29) is 0 Å². The average molecular weight is 226 g/mol. The van der Waals surface area contributed by atoms with Gasteiger partial charge in [-0.25, -0.2) is 0 Å². The molecule has 4 nitrogen and oxygen atoms in total. The average Bonchev–Trinajstić information content (AvgIpc) is 2.80. The Balaban J connectivity index is 1.77. The van der Waals surface area contributed by atoms with Gasteiger partial charge in [-0.1, -0.05) is 11.3 Å². The van der Waals surface area contributed by atoms with Gasteiger partial charge in [-0.15, -0.1) is 10.2 Å². The summed E-state index contributed by atoms with van der Waals surface area (Å²) < 4.78 is 0. The van der Waals surface area contributed by atoms with E-state index in [4.69, 9.17) is 0 Å². The van der Waals surface area contributed by atoms with Gasteiger partial charge >= 0.3 is 0 Å². The maximum Gasteiger partial charge on any atom is 0.208 e. The van der Waals surface area contributed by atoms with Crippen molar-refractivity contribution in [1.29, 1.82) is 0 Å². The minimum absolute atomic E-state index is 0.890. The van der Waals surface area contributed by atoms with Crippen LogP contribution in [0.2, 0.25) is 0 Å². The Hall–Kier alpha value is -0.680. The Morgan fingerprint density at radius 1 is 1.53 bits per heavy atom. The first-order chi connectivity index (χ1) is 7.40. The lowest BCUT2D eigenvalue weighted by atomic mass is 9.94. The third-order valence-corrected chi connectivity index (χ3v) is 3.79. The molecule has 0 atom stereocenters. The molecule has 1 aromatic heterocycles. The van der Waals surface area contributed by atoms with Crippen LogP contribution in [0.3, 0.4) is 0 Å². The number of nitrogens with one attached hydrogen (secondary N) is 1. The molecule has 0 radical (unpaired) electrons. The Bertz CT molecular complexity index is 267. The second-order valence-corrected chi connectivity index (χ2v) is 4.86. The molecule has 0 spiro atoms. The smallest absolute Gasteiger partial charge is 0.208 e. The Morgan fingerprint density at radius 3 is 2.93 bits per heavy atom. The van der Waals surface area contributed by atoms with Crippen LogP contribution in [0.1, 0.15) is 19.3 Å². The van der Waals surface area contributed by atoms with Crippen LogP contribution in [0.25, 0.3) is 0 Å². The lowest BCUT2D eigenvalue weighted by Gasteiger charge is -2.31. The molecular formula is C10H18N4S. The van der Waals surface area contributed by atoms with Crippen LogP contribution >= 0.6 is 11.3 Å². The molecule has 2 rings (SSSR count). The lowest BCUT2D eigenvalue weighted by molar-refractivity contribution is 0.378. The molecule has 84 valence electrons. The third-order valence-electron chi connectivity index (χ3n) is 3.04. The molecule has 0 amide bonds. The van der Waals surface area contributed by atoms with Crippen LogP contribution in [0.5, 0.6) is 0 Å². The van der Waals surface area contributed by atoms with Gasteiger partial charge in [0.25, 0.3) is 0 Å². The van der Waals surface area contributed by atoms with Crippen molar-refractivity contribution in [3.8, 4) is 0 Å². The summed E-state index contributed by atoms with van der Waals surface area (Å²) in [4.78, 5) is 2.35. The first kappa shape index (κ1) is 10.8. The lowest BCUT2D eigenvalue weighted by Crippen LogP contribution is -2.34. The van der Waals surface area contributed by atoms with Crippen molar-refractivity contribution in [1.82, 2.24) is 15.5 Å². The largest absolute Gasteiger partial charge is 0.347 e. The molecule has 0 aliphatic carbocycles. The summed E-state index contributed by atoms with van der Waals surface area (Å²) in [5, 5.41) is 12.3. The van der Waals surface area contributed by atoms with Gasteiger partial charge in [0.15, 0.2) is 0 Å². The molecule has 1 aliphatic rings. The monoisotopic (exact) mass is 226 g/mol. The fourth-order valence-electron chi connectivity index (χ4n) is 2.07. The summed E-state index contributed by atoms with van der Waals surface area (Å²) in [6.45, 7) is 3.43. The number of aromatic nitrogens is 2. The molecule has 0 unspecified atom stereocenters. The zero-order valence-electron chi connectivity index (χ0n) is 9.15. The van der Waals surface area contributed by atoms with E-state index in [1.807, 2.05) is 12.6 Å². The second kappa shape index (κ2) is 5.42. The van der Waals surface area contributed by atoms with Crippen LogP contribution in [-0.2, 0) is 0 Å². The van der Waals surface area contributed by atoms with Crippen molar-refractivity contribution in [3.05, 3.63) is 5.51 Å². The topological polar surface area (TPSA) is 41.0 Å². The Labute approximate surface area is 94.7 Å². The summed E-state index contributed by atoms with van der Waals surface area (Å²) in [5.41, 5.74) is 1.81. The minimum atomic E-state index is 0.890. The molecule has 1 aromatic rings. The summed E-state index contributed by atoms with van der Waals surface area (Å²) in [6.07, 6.45) is 3.89. The van der Waals surface area contributed by atoms with Crippen molar-refractivity contribution in [2.75, 3.05) is 31.6 Å². The molecule has 1 N–H and O–H groups in total. The normalized spacial score (nSPS) is 18.3. The number of nitrogens with zero attached hydrogens (tertiary/aromatic N) is 3. The first-order valence-corrected chi connectivity index (χ1v) is 6.44. The molecule has 0 saturated carbocycles. The predicted octanol–water partition coefficient (Wildman–Crippen LogP) is 1.36. The molecular weight excluding hydrogens is 208 g/mol. The van der Waals surface area contributed by atoms with Crippen molar-refractivity contribution < 1.29 is 0 Å². The summed E-state index contributed by atoms with van der Waals surface area (Å²) >= 11 is 1.64. The zero-order chi connectivity index (χ0) is 10.5. The number of anilines is 1. The van der Waals surface area contributed by atoms with Crippen LogP contribution in [0.4, 0.5) is 5.13 Å². The minimum Gasteiger partial charge on any atom is -0.347 e. The second-order valence-electron chi connectivity index (χ2n) is 4.04. The van der Waals surface area contributed by atoms with E-state index < -0.39 is 0 Å². The van der Waals surface area contributed by atoms with Crippen molar-refractivity contribution in [3.63, 3.8) is 0 Å². The molecule has 1 fully saturated rings. The number of hydrogen-bond donors (Lipinski definition) is 1. The van der Waals surface area contributed by atoms with Gasteiger partial charge in [0.1, 0.15) is 5.51 Å². The van der Waals surface area contributed by atoms with E-state index >= 15 is 0 Å². The summed E-state index contributed by atoms with van der Waals surface area (Å²) in [5.74, 6) is 0.890. The van der Waals surface area contributed by atoms with Crippen LogP contribution in [0.15, 0.2) is 5.51 Å². The van der Waals surface area contributed by atoms with Gasteiger partial charge in [-0.2, -0.15) is 0 Å². The van der Waals surface area contributed by atoms with E-state index in [0.29, 0.717) is 0 Å². The zero-order valence-corrected chi connectivity index (χ0v) is 9.96. The maximum atomic E-state index is 4.11. The quantitative estimate of drug-likeness (QED) is 0.842. The fourth-order valence-corrected chi connectivity index (χ4v) is 2.68. The highest BCUT2D eigenvalue weighted by molar-refractivity contribution is 7.13. The SMILES string of the molecule is CNCCC1CCN(c2nncs2)CC1. The van der Waals surface area contributed by atoms with E-state index in [1.54, 1.807) is 11.3 Å². The summed E-state index contributed by atoms with van der Waals surface area (Å²) in [7, 11) is 2.02. The number of piperidine rings is 1. The number of rotatable bonds is 4. The highest BCUT2D eigenvalue weighted by Gasteiger charge is 2.20. The van der Waals surface area contributed by atoms with Crippen molar-refractivity contribution >= 4 is 16.5 Å². The predicted molar refractivity (Wildman–Crippen MR) is 63.4 cm³/mol. The van der Waals surface area contributed by atoms with Gasteiger partial charge in [-0.05, 0) is 38.8 Å². The Kier molecular flexibility index (Phi) is 3.91. The highest BCUT2D eigenvalue weighted by atomic mass is 32.1. The molecule has 15 heavy (non-hydrogen) atoms. The van der Waals surface area contributed by atoms with Crippen molar-refractivity contribution in [2.45, 2.75) is 19.3 Å². The fraction of sp³-hybridized carbons (Fsp3) is 0.800. The van der Waals surface area contributed by atoms with Crippen molar-refractivity contribution in [2.24, 2.45) is 5.92 Å². The van der Waals surface area contributed by atoms with E-state index in [1.165, 1.54) is 19.3 Å². The molecule has 5 heteroatoms. The third kappa shape index (κ3) is 2.89. The molecule has 1 aliphatic heterocycles. The molecule has 2 heterocycles. The number of hydrogen-bond acceptors (Lipinski definition) is 5. The van der Waals surface area contributed by atoms with E-state index in [2.05, 4.69) is 20.4 Å². The maximum absolute atomic E-state index is 4.11. The molecule has 0 aromatic carbocycles. The summed E-state index contributed by atoms with van der Waals surface area (Å²) in [6, 6.07) is 0. The van der Waals surface area contributed by atoms with Gasteiger partial charge in [0, 0.05) is 13.1 Å². The van der Waals surface area contributed by atoms with Crippen LogP contribution < -0.4 is 10.2 Å². The standard InChI is InChI=1S/C10H18N4S/c1-11-5-2-9-3-6-14(7-4-9)10-13-12-8-15-10/h8-9,11H,2-7H2,1H3. The van der Waals surface area contributed by atoms with Gasteiger partial charge in [0.05, 0.1) is 0 Å². The van der Waals surface area contributed by atoms with Crippen LogP contribution in [-0.4, -0.2) is 36.9 Å². The molecule has 1 saturated heterocycles. The van der Waals surface area contributed by atoms with E-state index in [0.717, 1.165) is 30.7 Å². The molecule has 0 bridgehead atoms. The van der Waals surface area contributed by atoms with Gasteiger partial charge < -0.3 is 10.2 Å². The van der Waals surface area contributed by atoms with Crippen LogP contribution in [0, 0.1) is 5.92 Å². The Morgan fingerprint density at radius 2 is 2.33 bits per heavy atom.